The zero-order chi connectivity index (χ0) is 9.97. The smallest absolute Gasteiger partial charge is 0.240 e. The summed E-state index contributed by atoms with van der Waals surface area (Å²) in [6, 6.07) is -0.194. The van der Waals surface area contributed by atoms with Crippen LogP contribution in [0.2, 0.25) is 0 Å². The van der Waals surface area contributed by atoms with Crippen molar-refractivity contribution in [1.82, 2.24) is 10.2 Å². The molecule has 0 aromatic heterocycles. The molecule has 1 N–H and O–H groups in total. The maximum Gasteiger partial charge on any atom is 0.240 e. The largest absolute Gasteiger partial charge is 0.332 e. The molecule has 0 aromatic rings. The lowest BCUT2D eigenvalue weighted by atomic mass is 10.2. The Kier molecular flexibility index (Phi) is 2.82. The van der Waals surface area contributed by atoms with Gasteiger partial charge in [-0.25, -0.2) is 0 Å². The summed E-state index contributed by atoms with van der Waals surface area (Å²) in [5.74, 6) is 0.122. The lowest BCUT2D eigenvalue weighted by Gasteiger charge is -2.23. The van der Waals surface area contributed by atoms with Crippen LogP contribution in [0.5, 0.6) is 0 Å². The summed E-state index contributed by atoms with van der Waals surface area (Å²) in [5, 5.41) is 3.17. The van der Waals surface area contributed by atoms with Crippen LogP contribution in [0, 0.1) is 0 Å². The standard InChI is InChI=1S/C10H16N2O2/c13-7-8-3-2-6-12(8)10(14)9-4-1-5-11-9/h7-9,11H,1-6H2/t8-,9-/m1/s1. The van der Waals surface area contributed by atoms with E-state index < -0.39 is 0 Å². The molecule has 2 aliphatic heterocycles. The highest BCUT2D eigenvalue weighted by molar-refractivity contribution is 5.85. The van der Waals surface area contributed by atoms with Crippen molar-refractivity contribution in [1.29, 1.82) is 0 Å². The Hall–Kier alpha value is -0.900. The van der Waals surface area contributed by atoms with Crippen LogP contribution in [0.1, 0.15) is 25.7 Å². The fourth-order valence-electron chi connectivity index (χ4n) is 2.30. The van der Waals surface area contributed by atoms with Gasteiger partial charge in [-0.05, 0) is 32.2 Å². The molecular formula is C10H16N2O2. The Morgan fingerprint density at radius 1 is 1.36 bits per heavy atom. The molecule has 78 valence electrons. The zero-order valence-electron chi connectivity index (χ0n) is 8.24. The number of nitrogens with one attached hydrogen (secondary N) is 1. The van der Waals surface area contributed by atoms with Gasteiger partial charge < -0.3 is 15.0 Å². The summed E-state index contributed by atoms with van der Waals surface area (Å²) in [6.45, 7) is 1.68. The number of nitrogens with zero attached hydrogens (tertiary/aromatic N) is 1. The van der Waals surface area contributed by atoms with Gasteiger partial charge >= 0.3 is 0 Å². The van der Waals surface area contributed by atoms with Gasteiger partial charge in [0.05, 0.1) is 12.1 Å². The van der Waals surface area contributed by atoms with Gasteiger partial charge in [-0.15, -0.1) is 0 Å². The lowest BCUT2D eigenvalue weighted by molar-refractivity contribution is -0.136. The van der Waals surface area contributed by atoms with Crippen LogP contribution in [0.4, 0.5) is 0 Å². The second kappa shape index (κ2) is 4.09. The first-order valence-corrected chi connectivity index (χ1v) is 5.32. The minimum absolute atomic E-state index is 0.0319. The van der Waals surface area contributed by atoms with E-state index in [1.165, 1.54) is 0 Å². The number of hydrogen-bond acceptors (Lipinski definition) is 3. The zero-order valence-corrected chi connectivity index (χ0v) is 8.24. The van der Waals surface area contributed by atoms with E-state index in [0.29, 0.717) is 0 Å². The van der Waals surface area contributed by atoms with Crippen LogP contribution in [0.15, 0.2) is 0 Å². The molecule has 0 saturated carbocycles. The minimum Gasteiger partial charge on any atom is -0.332 e. The maximum absolute atomic E-state index is 11.9. The molecule has 4 heteroatoms. The molecule has 0 spiro atoms. The molecule has 0 bridgehead atoms. The summed E-state index contributed by atoms with van der Waals surface area (Å²) in [7, 11) is 0. The van der Waals surface area contributed by atoms with Gasteiger partial charge in [0.15, 0.2) is 0 Å². The van der Waals surface area contributed by atoms with Crippen LogP contribution in [0.3, 0.4) is 0 Å². The van der Waals surface area contributed by atoms with Gasteiger partial charge in [0, 0.05) is 6.54 Å². The fraction of sp³-hybridized carbons (Fsp3) is 0.800. The molecule has 2 fully saturated rings. The second-order valence-electron chi connectivity index (χ2n) is 4.03. The minimum atomic E-state index is -0.162. The third kappa shape index (κ3) is 1.66. The molecule has 2 rings (SSSR count). The first-order valence-electron chi connectivity index (χ1n) is 5.32. The summed E-state index contributed by atoms with van der Waals surface area (Å²) in [5.41, 5.74) is 0. The molecule has 0 unspecified atom stereocenters. The molecule has 2 heterocycles. The van der Waals surface area contributed by atoms with Crippen molar-refractivity contribution in [2.45, 2.75) is 37.8 Å². The average molecular weight is 196 g/mol. The molecule has 1 amide bonds. The van der Waals surface area contributed by atoms with Gasteiger partial charge in [0.1, 0.15) is 6.29 Å². The van der Waals surface area contributed by atoms with Crippen molar-refractivity contribution < 1.29 is 9.59 Å². The second-order valence-corrected chi connectivity index (χ2v) is 4.03. The Morgan fingerprint density at radius 3 is 2.86 bits per heavy atom. The van der Waals surface area contributed by atoms with Crippen molar-refractivity contribution in [3.8, 4) is 0 Å². The first-order chi connectivity index (χ1) is 6.83. The van der Waals surface area contributed by atoms with Gasteiger partial charge in [-0.2, -0.15) is 0 Å². The molecule has 0 aromatic carbocycles. The van der Waals surface area contributed by atoms with E-state index in [0.717, 1.165) is 45.1 Å². The molecule has 2 saturated heterocycles. The fourth-order valence-corrected chi connectivity index (χ4v) is 2.30. The molecule has 4 nitrogen and oxygen atoms in total. The quantitative estimate of drug-likeness (QED) is 0.629. The monoisotopic (exact) mass is 196 g/mol. The van der Waals surface area contributed by atoms with E-state index in [1.807, 2.05) is 0 Å². The third-order valence-electron chi connectivity index (χ3n) is 3.10. The van der Waals surface area contributed by atoms with Crippen LogP contribution >= 0.6 is 0 Å². The van der Waals surface area contributed by atoms with Crippen molar-refractivity contribution >= 4 is 12.2 Å². The molecule has 0 radical (unpaired) electrons. The Balaban J connectivity index is 1.98. The number of carbonyl (C=O) groups is 2. The van der Waals surface area contributed by atoms with Crippen molar-refractivity contribution in [3.63, 3.8) is 0 Å². The topological polar surface area (TPSA) is 49.4 Å². The number of hydrogen-bond donors (Lipinski definition) is 1. The average Bonchev–Trinajstić information content (AvgIpc) is 2.87. The van der Waals surface area contributed by atoms with Gasteiger partial charge in [0.25, 0.3) is 0 Å². The van der Waals surface area contributed by atoms with E-state index in [2.05, 4.69) is 5.32 Å². The van der Waals surface area contributed by atoms with E-state index in [9.17, 15) is 9.59 Å². The third-order valence-corrected chi connectivity index (χ3v) is 3.10. The van der Waals surface area contributed by atoms with Crippen molar-refractivity contribution in [2.75, 3.05) is 13.1 Å². The first kappa shape index (κ1) is 9.65. The molecule has 0 aliphatic carbocycles. The number of likely N-dealkylation sites (tertiary alicyclic amines) is 1. The van der Waals surface area contributed by atoms with Crippen LogP contribution in [-0.4, -0.2) is 42.3 Å². The number of rotatable bonds is 2. The SMILES string of the molecule is O=C[C@H]1CCCN1C(=O)[C@H]1CCCN1. The number of amides is 1. The Bertz CT molecular complexity index is 236. The van der Waals surface area contributed by atoms with Crippen molar-refractivity contribution in [3.05, 3.63) is 0 Å². The van der Waals surface area contributed by atoms with E-state index in [1.54, 1.807) is 4.90 Å². The Morgan fingerprint density at radius 2 is 2.21 bits per heavy atom. The van der Waals surface area contributed by atoms with Gasteiger partial charge in [0.2, 0.25) is 5.91 Å². The maximum atomic E-state index is 11.9. The highest BCUT2D eigenvalue weighted by Crippen LogP contribution is 2.18. The summed E-state index contributed by atoms with van der Waals surface area (Å²) >= 11 is 0. The van der Waals surface area contributed by atoms with E-state index in [-0.39, 0.29) is 18.0 Å². The number of carbonyl (C=O) groups excluding carboxylic acids is 2. The summed E-state index contributed by atoms with van der Waals surface area (Å²) < 4.78 is 0. The molecule has 2 aliphatic rings. The van der Waals surface area contributed by atoms with Crippen LogP contribution in [0.25, 0.3) is 0 Å². The van der Waals surface area contributed by atoms with Crippen LogP contribution in [-0.2, 0) is 9.59 Å². The van der Waals surface area contributed by atoms with Gasteiger partial charge in [-0.1, -0.05) is 0 Å². The highest BCUT2D eigenvalue weighted by atomic mass is 16.2. The van der Waals surface area contributed by atoms with Crippen molar-refractivity contribution in [2.24, 2.45) is 0 Å². The normalized spacial score (nSPS) is 32.1. The Labute approximate surface area is 83.6 Å². The summed E-state index contributed by atoms with van der Waals surface area (Å²) in [4.78, 5) is 24.4. The molecule has 2 atom stereocenters. The highest BCUT2D eigenvalue weighted by Gasteiger charge is 2.33. The van der Waals surface area contributed by atoms with Gasteiger partial charge in [-0.3, -0.25) is 4.79 Å². The van der Waals surface area contributed by atoms with E-state index in [4.69, 9.17) is 0 Å². The molecular weight excluding hydrogens is 180 g/mol. The lowest BCUT2D eigenvalue weighted by Crippen LogP contribution is -2.46. The summed E-state index contributed by atoms with van der Waals surface area (Å²) in [6.07, 6.45) is 4.68. The number of aldehydes is 1. The molecule has 14 heavy (non-hydrogen) atoms. The van der Waals surface area contributed by atoms with Crippen LogP contribution < -0.4 is 5.32 Å². The van der Waals surface area contributed by atoms with E-state index >= 15 is 0 Å². The predicted octanol–water partition coefficient (Wildman–Crippen LogP) is -0.0717. The predicted molar refractivity (Wildman–Crippen MR) is 51.8 cm³/mol.